The smallest absolute Gasteiger partial charge is 0.252 e. The summed E-state index contributed by atoms with van der Waals surface area (Å²) in [5.74, 6) is -0.547. The number of primary amides is 1. The number of para-hydroxylation sites is 1. The van der Waals surface area contributed by atoms with Gasteiger partial charge in [-0.1, -0.05) is 30.3 Å². The van der Waals surface area contributed by atoms with Crippen LogP contribution in [0, 0.1) is 0 Å². The fraction of sp³-hybridized carbons (Fsp3) is 0.318. The molecule has 8 heteroatoms. The van der Waals surface area contributed by atoms with Gasteiger partial charge in [0.05, 0.1) is 11.3 Å². The molecule has 2 aromatic carbocycles. The number of carbonyl (C=O) groups is 3. The maximum absolute atomic E-state index is 12.5. The molecule has 7 nitrogen and oxygen atoms in total. The second-order valence-corrected chi connectivity index (χ2v) is 7.98. The molecule has 30 heavy (non-hydrogen) atoms. The van der Waals surface area contributed by atoms with Gasteiger partial charge >= 0.3 is 0 Å². The first-order chi connectivity index (χ1) is 14.5. The normalized spacial score (nSPS) is 13.7. The number of nitrogens with one attached hydrogen (secondary N) is 1. The lowest BCUT2D eigenvalue weighted by molar-refractivity contribution is -0.131. The van der Waals surface area contributed by atoms with Crippen molar-refractivity contribution >= 4 is 35.2 Å². The zero-order valence-corrected chi connectivity index (χ0v) is 17.6. The van der Waals surface area contributed by atoms with E-state index in [1.54, 1.807) is 24.3 Å². The topological polar surface area (TPSA) is 95.7 Å². The summed E-state index contributed by atoms with van der Waals surface area (Å²) in [4.78, 5) is 40.8. The molecule has 3 amide bonds. The molecule has 1 saturated heterocycles. The predicted molar refractivity (Wildman–Crippen MR) is 119 cm³/mol. The van der Waals surface area contributed by atoms with Gasteiger partial charge in [0.2, 0.25) is 11.8 Å². The summed E-state index contributed by atoms with van der Waals surface area (Å²) < 4.78 is 0. The number of carbonyl (C=O) groups excluding carboxylic acids is 3. The molecule has 0 saturated carbocycles. The van der Waals surface area contributed by atoms with E-state index in [1.807, 2.05) is 23.1 Å². The number of nitrogens with two attached hydrogens (primary N) is 1. The van der Waals surface area contributed by atoms with E-state index in [1.165, 1.54) is 17.4 Å². The number of amides is 3. The summed E-state index contributed by atoms with van der Waals surface area (Å²) in [6, 6.07) is 17.2. The van der Waals surface area contributed by atoms with Crippen LogP contribution < -0.4 is 16.0 Å². The zero-order chi connectivity index (χ0) is 21.3. The molecule has 0 spiro atoms. The number of anilines is 1. The summed E-state index contributed by atoms with van der Waals surface area (Å²) in [6.45, 7) is 3.22. The first-order valence-corrected chi connectivity index (χ1v) is 10.9. The van der Waals surface area contributed by atoms with Crippen molar-refractivity contribution < 1.29 is 14.4 Å². The summed E-state index contributed by atoms with van der Waals surface area (Å²) in [5.41, 5.74) is 6.84. The van der Waals surface area contributed by atoms with Gasteiger partial charge in [-0.05, 0) is 24.3 Å². The van der Waals surface area contributed by atoms with Gasteiger partial charge in [-0.3, -0.25) is 14.4 Å². The van der Waals surface area contributed by atoms with Gasteiger partial charge in [-0.2, -0.15) is 0 Å². The van der Waals surface area contributed by atoms with Gasteiger partial charge in [-0.25, -0.2) is 0 Å². The molecule has 1 fully saturated rings. The molecule has 0 atom stereocenters. The lowest BCUT2D eigenvalue weighted by atomic mass is 10.2. The number of hydrogen-bond acceptors (Lipinski definition) is 5. The number of benzene rings is 2. The molecule has 3 rings (SSSR count). The Hall–Kier alpha value is -3.00. The Labute approximate surface area is 180 Å². The van der Waals surface area contributed by atoms with Gasteiger partial charge < -0.3 is 20.9 Å². The molecule has 2 aromatic rings. The lowest BCUT2D eigenvalue weighted by Crippen LogP contribution is -2.49. The van der Waals surface area contributed by atoms with Gasteiger partial charge in [-0.15, -0.1) is 11.8 Å². The van der Waals surface area contributed by atoms with Crippen molar-refractivity contribution in [2.45, 2.75) is 11.3 Å². The number of hydrogen-bond donors (Lipinski definition) is 2. The predicted octanol–water partition coefficient (Wildman–Crippen LogP) is 1.73. The first kappa shape index (κ1) is 21.7. The zero-order valence-electron chi connectivity index (χ0n) is 16.8. The second kappa shape index (κ2) is 10.7. The van der Waals surface area contributed by atoms with Crippen molar-refractivity contribution in [1.29, 1.82) is 0 Å². The van der Waals surface area contributed by atoms with Crippen LogP contribution in [0.3, 0.4) is 0 Å². The second-order valence-electron chi connectivity index (χ2n) is 6.96. The Kier molecular flexibility index (Phi) is 7.73. The highest BCUT2D eigenvalue weighted by Crippen LogP contribution is 2.22. The first-order valence-electron chi connectivity index (χ1n) is 9.90. The Morgan fingerprint density at radius 2 is 1.60 bits per heavy atom. The van der Waals surface area contributed by atoms with Crippen molar-refractivity contribution in [3.63, 3.8) is 0 Å². The van der Waals surface area contributed by atoms with Crippen LogP contribution in [0.1, 0.15) is 16.8 Å². The average Bonchev–Trinajstić information content (AvgIpc) is 2.78. The standard InChI is InChI=1S/C22H26N4O3S/c23-20(27)16-30-19-9-5-4-8-18(19)22(29)24-11-10-21(28)26-14-12-25(13-15-26)17-6-2-1-3-7-17/h1-9H,10-16H2,(H2,23,27)(H,24,29). The van der Waals surface area contributed by atoms with Crippen LogP contribution >= 0.6 is 11.8 Å². The third-order valence-corrected chi connectivity index (χ3v) is 5.98. The van der Waals surface area contributed by atoms with E-state index in [9.17, 15) is 14.4 Å². The van der Waals surface area contributed by atoms with Gasteiger partial charge in [0.1, 0.15) is 0 Å². The van der Waals surface area contributed by atoms with Crippen LogP contribution in [0.15, 0.2) is 59.5 Å². The molecule has 0 bridgehead atoms. The summed E-state index contributed by atoms with van der Waals surface area (Å²) in [6.07, 6.45) is 0.258. The molecule has 0 aliphatic carbocycles. The fourth-order valence-corrected chi connectivity index (χ4v) is 4.11. The highest BCUT2D eigenvalue weighted by molar-refractivity contribution is 8.00. The van der Waals surface area contributed by atoms with Gasteiger partial charge in [0.15, 0.2) is 0 Å². The molecule has 1 aliphatic rings. The van der Waals surface area contributed by atoms with E-state index in [-0.39, 0.29) is 30.5 Å². The largest absolute Gasteiger partial charge is 0.369 e. The van der Waals surface area contributed by atoms with Crippen LogP contribution in [0.25, 0.3) is 0 Å². The third-order valence-electron chi connectivity index (χ3n) is 4.88. The van der Waals surface area contributed by atoms with Crippen LogP contribution in [0.4, 0.5) is 5.69 Å². The van der Waals surface area contributed by atoms with Crippen LogP contribution in [-0.2, 0) is 9.59 Å². The minimum Gasteiger partial charge on any atom is -0.369 e. The Bertz CT molecular complexity index is 883. The SMILES string of the molecule is NC(=O)CSc1ccccc1C(=O)NCCC(=O)N1CCN(c2ccccc2)CC1. The molecule has 0 unspecified atom stereocenters. The number of thioether (sulfide) groups is 1. The molecular formula is C22H26N4O3S. The average molecular weight is 427 g/mol. The third kappa shape index (κ3) is 6.00. The van der Waals surface area contributed by atoms with Crippen LogP contribution in [0.2, 0.25) is 0 Å². The minimum atomic E-state index is -0.437. The highest BCUT2D eigenvalue weighted by Gasteiger charge is 2.21. The Morgan fingerprint density at radius 3 is 2.30 bits per heavy atom. The van der Waals surface area contributed by atoms with E-state index in [2.05, 4.69) is 22.3 Å². The molecule has 0 radical (unpaired) electrons. The fourth-order valence-electron chi connectivity index (χ4n) is 3.32. The quantitative estimate of drug-likeness (QED) is 0.627. The summed E-state index contributed by atoms with van der Waals surface area (Å²) >= 11 is 1.23. The Morgan fingerprint density at radius 1 is 0.933 bits per heavy atom. The van der Waals surface area contributed by atoms with Crippen molar-refractivity contribution in [2.75, 3.05) is 43.4 Å². The van der Waals surface area contributed by atoms with E-state index >= 15 is 0 Å². The Balaban J connectivity index is 1.44. The molecule has 1 aliphatic heterocycles. The molecule has 0 aromatic heterocycles. The van der Waals surface area contributed by atoms with Crippen molar-refractivity contribution in [2.24, 2.45) is 5.73 Å². The molecule has 1 heterocycles. The van der Waals surface area contributed by atoms with Crippen molar-refractivity contribution in [3.05, 3.63) is 60.2 Å². The number of rotatable bonds is 8. The van der Waals surface area contributed by atoms with Gasteiger partial charge in [0, 0.05) is 49.7 Å². The van der Waals surface area contributed by atoms with Crippen molar-refractivity contribution in [3.8, 4) is 0 Å². The van der Waals surface area contributed by atoms with E-state index in [4.69, 9.17) is 5.73 Å². The number of nitrogens with zero attached hydrogens (tertiary/aromatic N) is 2. The molecule has 3 N–H and O–H groups in total. The van der Waals surface area contributed by atoms with E-state index in [0.717, 1.165) is 13.1 Å². The molecule has 158 valence electrons. The lowest BCUT2D eigenvalue weighted by Gasteiger charge is -2.36. The van der Waals surface area contributed by atoms with E-state index in [0.29, 0.717) is 23.5 Å². The monoisotopic (exact) mass is 426 g/mol. The number of piperazine rings is 1. The van der Waals surface area contributed by atoms with Crippen LogP contribution in [0.5, 0.6) is 0 Å². The summed E-state index contributed by atoms with van der Waals surface area (Å²) in [5, 5.41) is 2.81. The van der Waals surface area contributed by atoms with Gasteiger partial charge in [0.25, 0.3) is 5.91 Å². The van der Waals surface area contributed by atoms with Crippen molar-refractivity contribution in [1.82, 2.24) is 10.2 Å². The highest BCUT2D eigenvalue weighted by atomic mass is 32.2. The maximum atomic E-state index is 12.5. The molecular weight excluding hydrogens is 400 g/mol. The maximum Gasteiger partial charge on any atom is 0.252 e. The van der Waals surface area contributed by atoms with E-state index < -0.39 is 5.91 Å². The minimum absolute atomic E-state index is 0.0411. The summed E-state index contributed by atoms with van der Waals surface area (Å²) in [7, 11) is 0. The van der Waals surface area contributed by atoms with Crippen LogP contribution in [-0.4, -0.2) is 61.1 Å².